The summed E-state index contributed by atoms with van der Waals surface area (Å²) in [6, 6.07) is 7.19. The van der Waals surface area contributed by atoms with Gasteiger partial charge in [0.15, 0.2) is 0 Å². The molecule has 1 aliphatic carbocycles. The molecule has 0 aliphatic heterocycles. The maximum absolute atomic E-state index is 11.8. The van der Waals surface area contributed by atoms with Crippen LogP contribution in [0.3, 0.4) is 0 Å². The van der Waals surface area contributed by atoms with Crippen LogP contribution in [0.25, 0.3) is 0 Å². The van der Waals surface area contributed by atoms with E-state index in [0.717, 1.165) is 25.7 Å². The number of ketones is 1. The van der Waals surface area contributed by atoms with Gasteiger partial charge in [0.2, 0.25) is 0 Å². The Hall–Kier alpha value is -1.64. The lowest BCUT2D eigenvalue weighted by molar-refractivity contribution is -0.123. The van der Waals surface area contributed by atoms with Crippen LogP contribution >= 0.6 is 0 Å². The third-order valence-electron chi connectivity index (χ3n) is 4.72. The number of benzene rings is 1. The van der Waals surface area contributed by atoms with E-state index in [-0.39, 0.29) is 11.3 Å². The summed E-state index contributed by atoms with van der Waals surface area (Å²) < 4.78 is 0. The van der Waals surface area contributed by atoms with Gasteiger partial charge in [-0.3, -0.25) is 4.79 Å². The van der Waals surface area contributed by atoms with Crippen molar-refractivity contribution in [3.05, 3.63) is 35.4 Å². The van der Waals surface area contributed by atoms with Gasteiger partial charge in [0.1, 0.15) is 5.78 Å². The Morgan fingerprint density at radius 2 is 1.75 bits per heavy atom. The van der Waals surface area contributed by atoms with Gasteiger partial charge in [0.25, 0.3) is 0 Å². The SMILES string of the molecule is CCC(=O)C1CCC(C)(c2ccc(C(=O)O)cc2)CC1. The molecule has 2 rings (SSSR count). The van der Waals surface area contributed by atoms with Crippen LogP contribution in [0.15, 0.2) is 24.3 Å². The number of Topliss-reactive ketones (excluding diaryl/α,β-unsaturated/α-hetero) is 1. The van der Waals surface area contributed by atoms with Crippen LogP contribution in [0.1, 0.15) is 61.9 Å². The van der Waals surface area contributed by atoms with Crippen molar-refractivity contribution < 1.29 is 14.7 Å². The van der Waals surface area contributed by atoms with Crippen LogP contribution in [0.5, 0.6) is 0 Å². The molecule has 1 aromatic rings. The molecule has 1 aliphatic rings. The minimum Gasteiger partial charge on any atom is -0.478 e. The zero-order valence-electron chi connectivity index (χ0n) is 12.2. The van der Waals surface area contributed by atoms with Crippen LogP contribution < -0.4 is 0 Å². The third kappa shape index (κ3) is 2.92. The quantitative estimate of drug-likeness (QED) is 0.908. The number of carbonyl (C=O) groups excluding carboxylic acids is 1. The van der Waals surface area contributed by atoms with Gasteiger partial charge in [-0.15, -0.1) is 0 Å². The van der Waals surface area contributed by atoms with Crippen LogP contribution in [-0.2, 0) is 10.2 Å². The molecule has 3 heteroatoms. The average molecular weight is 274 g/mol. The Balaban J connectivity index is 2.09. The summed E-state index contributed by atoms with van der Waals surface area (Å²) >= 11 is 0. The van der Waals surface area contributed by atoms with E-state index in [4.69, 9.17) is 5.11 Å². The Labute approximate surface area is 120 Å². The molecule has 1 saturated carbocycles. The van der Waals surface area contributed by atoms with Crippen LogP contribution in [0.2, 0.25) is 0 Å². The van der Waals surface area contributed by atoms with Gasteiger partial charge in [0.05, 0.1) is 5.56 Å². The second-order valence-electron chi connectivity index (χ2n) is 6.04. The van der Waals surface area contributed by atoms with E-state index < -0.39 is 5.97 Å². The number of rotatable bonds is 4. The van der Waals surface area contributed by atoms with Gasteiger partial charge in [-0.1, -0.05) is 26.0 Å². The summed E-state index contributed by atoms with van der Waals surface area (Å²) in [5, 5.41) is 8.94. The highest BCUT2D eigenvalue weighted by Gasteiger charge is 2.34. The molecule has 1 aromatic carbocycles. The highest BCUT2D eigenvalue weighted by atomic mass is 16.4. The monoisotopic (exact) mass is 274 g/mol. The highest BCUT2D eigenvalue weighted by Crippen LogP contribution is 2.41. The lowest BCUT2D eigenvalue weighted by Gasteiger charge is -2.37. The minimum atomic E-state index is -0.890. The highest BCUT2D eigenvalue weighted by molar-refractivity contribution is 5.87. The Morgan fingerprint density at radius 3 is 2.20 bits per heavy atom. The van der Waals surface area contributed by atoms with Crippen LogP contribution in [0.4, 0.5) is 0 Å². The van der Waals surface area contributed by atoms with E-state index in [1.54, 1.807) is 12.1 Å². The largest absolute Gasteiger partial charge is 0.478 e. The van der Waals surface area contributed by atoms with Crippen molar-refractivity contribution in [3.8, 4) is 0 Å². The first-order chi connectivity index (χ1) is 9.46. The zero-order valence-corrected chi connectivity index (χ0v) is 12.2. The average Bonchev–Trinajstić information content (AvgIpc) is 2.47. The van der Waals surface area contributed by atoms with Crippen molar-refractivity contribution >= 4 is 11.8 Å². The molecule has 20 heavy (non-hydrogen) atoms. The Morgan fingerprint density at radius 1 is 1.20 bits per heavy atom. The predicted octanol–water partition coefficient (Wildman–Crippen LogP) is 3.81. The molecule has 0 heterocycles. The molecule has 0 amide bonds. The summed E-state index contributed by atoms with van der Waals surface area (Å²) in [7, 11) is 0. The van der Waals surface area contributed by atoms with E-state index in [2.05, 4.69) is 6.92 Å². The lowest BCUT2D eigenvalue weighted by atomic mass is 9.67. The molecule has 1 fully saturated rings. The van der Waals surface area contributed by atoms with Gasteiger partial charge < -0.3 is 5.11 Å². The molecule has 0 spiro atoms. The summed E-state index contributed by atoms with van der Waals surface area (Å²) in [6.45, 7) is 4.15. The summed E-state index contributed by atoms with van der Waals surface area (Å²) in [4.78, 5) is 22.7. The smallest absolute Gasteiger partial charge is 0.335 e. The molecule has 0 unspecified atom stereocenters. The van der Waals surface area contributed by atoms with Crippen molar-refractivity contribution in [1.82, 2.24) is 0 Å². The minimum absolute atomic E-state index is 0.0710. The lowest BCUT2D eigenvalue weighted by Crippen LogP contribution is -2.31. The number of hydrogen-bond donors (Lipinski definition) is 1. The Kier molecular flexibility index (Phi) is 4.26. The van der Waals surface area contributed by atoms with Crippen molar-refractivity contribution in [1.29, 1.82) is 0 Å². The first-order valence-corrected chi connectivity index (χ1v) is 7.33. The first-order valence-electron chi connectivity index (χ1n) is 7.33. The maximum Gasteiger partial charge on any atom is 0.335 e. The van der Waals surface area contributed by atoms with Crippen molar-refractivity contribution in [3.63, 3.8) is 0 Å². The van der Waals surface area contributed by atoms with Gasteiger partial charge in [0, 0.05) is 12.3 Å². The number of aromatic carboxylic acids is 1. The predicted molar refractivity (Wildman–Crippen MR) is 78.0 cm³/mol. The Bertz CT molecular complexity index is 493. The molecule has 1 N–H and O–H groups in total. The maximum atomic E-state index is 11.8. The second-order valence-corrected chi connectivity index (χ2v) is 6.04. The molecule has 0 bridgehead atoms. The van der Waals surface area contributed by atoms with Gasteiger partial charge in [-0.25, -0.2) is 4.79 Å². The molecule has 0 saturated heterocycles. The van der Waals surface area contributed by atoms with Crippen LogP contribution in [0, 0.1) is 5.92 Å². The van der Waals surface area contributed by atoms with Crippen molar-refractivity contribution in [2.75, 3.05) is 0 Å². The topological polar surface area (TPSA) is 54.4 Å². The second kappa shape index (κ2) is 5.78. The molecule has 3 nitrogen and oxygen atoms in total. The van der Waals surface area contributed by atoms with E-state index in [1.165, 1.54) is 5.56 Å². The fraction of sp³-hybridized carbons (Fsp3) is 0.529. The fourth-order valence-electron chi connectivity index (χ4n) is 3.17. The summed E-state index contributed by atoms with van der Waals surface area (Å²) in [5.41, 5.74) is 1.58. The van der Waals surface area contributed by atoms with Gasteiger partial charge in [-0.05, 0) is 48.8 Å². The van der Waals surface area contributed by atoms with E-state index >= 15 is 0 Å². The number of carboxylic acids is 1. The third-order valence-corrected chi connectivity index (χ3v) is 4.72. The van der Waals surface area contributed by atoms with Gasteiger partial charge in [-0.2, -0.15) is 0 Å². The van der Waals surface area contributed by atoms with E-state index in [9.17, 15) is 9.59 Å². The van der Waals surface area contributed by atoms with Gasteiger partial charge >= 0.3 is 5.97 Å². The summed E-state index contributed by atoms with van der Waals surface area (Å²) in [6.07, 6.45) is 4.52. The van der Waals surface area contributed by atoms with Crippen molar-refractivity contribution in [2.24, 2.45) is 5.92 Å². The fourth-order valence-corrected chi connectivity index (χ4v) is 3.17. The molecule has 0 aromatic heterocycles. The zero-order chi connectivity index (χ0) is 14.8. The van der Waals surface area contributed by atoms with Crippen LogP contribution in [-0.4, -0.2) is 16.9 Å². The molecule has 0 atom stereocenters. The van der Waals surface area contributed by atoms with E-state index in [0.29, 0.717) is 17.8 Å². The number of carbonyl (C=O) groups is 2. The van der Waals surface area contributed by atoms with E-state index in [1.807, 2.05) is 19.1 Å². The number of carboxylic acid groups (broad SMARTS) is 1. The standard InChI is InChI=1S/C17H22O3/c1-3-15(18)12-8-10-17(2,11-9-12)14-6-4-13(5-7-14)16(19)20/h4-7,12H,3,8-11H2,1-2H3,(H,19,20). The number of hydrogen-bond acceptors (Lipinski definition) is 2. The molecular formula is C17H22O3. The van der Waals surface area contributed by atoms with Crippen molar-refractivity contribution in [2.45, 2.75) is 51.4 Å². The molecule has 0 radical (unpaired) electrons. The summed E-state index contributed by atoms with van der Waals surface area (Å²) in [5.74, 6) is -0.279. The normalized spacial score (nSPS) is 26.2. The molecule has 108 valence electrons. The molecular weight excluding hydrogens is 252 g/mol. The first kappa shape index (κ1) is 14.8.